The van der Waals surface area contributed by atoms with Crippen LogP contribution >= 0.6 is 0 Å². The smallest absolute Gasteiger partial charge is 0.243 e. The van der Waals surface area contributed by atoms with Crippen LogP contribution in [-0.2, 0) is 23.0 Å². The Morgan fingerprint density at radius 3 is 2.55 bits per heavy atom. The fourth-order valence-electron chi connectivity index (χ4n) is 1.93. The Morgan fingerprint density at radius 1 is 1.30 bits per heavy atom. The molecule has 5 heteroatoms. The van der Waals surface area contributed by atoms with Crippen molar-refractivity contribution in [1.82, 2.24) is 9.62 Å². The minimum Gasteiger partial charge on any atom is -0.313 e. The van der Waals surface area contributed by atoms with Crippen molar-refractivity contribution in [2.45, 2.75) is 31.7 Å². The molecule has 1 N–H and O–H groups in total. The molecule has 0 saturated carbocycles. The zero-order chi connectivity index (χ0) is 15.2. The molecule has 0 heterocycles. The number of hydrogen-bond acceptors (Lipinski definition) is 3. The summed E-state index contributed by atoms with van der Waals surface area (Å²) in [4.78, 5) is 0.292. The van der Waals surface area contributed by atoms with Crippen LogP contribution in [0.25, 0.3) is 0 Å². The van der Waals surface area contributed by atoms with Gasteiger partial charge in [-0.05, 0) is 36.2 Å². The summed E-state index contributed by atoms with van der Waals surface area (Å²) >= 11 is 0. The molecule has 20 heavy (non-hydrogen) atoms. The Balaban J connectivity index is 3.17. The highest BCUT2D eigenvalue weighted by Gasteiger charge is 2.20. The number of sulfonamides is 1. The molecule has 4 nitrogen and oxygen atoms in total. The molecule has 1 aromatic carbocycles. The predicted molar refractivity (Wildman–Crippen MR) is 81.8 cm³/mol. The number of nitrogens with zero attached hydrogens (tertiary/aromatic N) is 1. The zero-order valence-electron chi connectivity index (χ0n) is 12.3. The van der Waals surface area contributed by atoms with Gasteiger partial charge in [0.25, 0.3) is 0 Å². The summed E-state index contributed by atoms with van der Waals surface area (Å²) in [5, 5.41) is 3.23. The van der Waals surface area contributed by atoms with Gasteiger partial charge in [-0.3, -0.25) is 0 Å². The van der Waals surface area contributed by atoms with Crippen LogP contribution in [-0.4, -0.2) is 32.9 Å². The highest BCUT2D eigenvalue weighted by atomic mass is 32.2. The Labute approximate surface area is 122 Å². The Hall–Kier alpha value is -1.35. The van der Waals surface area contributed by atoms with E-state index in [2.05, 4.69) is 18.2 Å². The van der Waals surface area contributed by atoms with Gasteiger partial charge in [-0.2, -0.15) is 4.31 Å². The van der Waals surface area contributed by atoms with Crippen LogP contribution < -0.4 is 5.32 Å². The summed E-state index contributed by atoms with van der Waals surface area (Å²) in [7, 11) is -2.02. The number of rotatable bonds is 7. The van der Waals surface area contributed by atoms with Crippen molar-refractivity contribution in [3.8, 4) is 12.3 Å². The number of aryl methyl sites for hydroxylation is 1. The fraction of sp³-hybridized carbons (Fsp3) is 0.467. The monoisotopic (exact) mass is 294 g/mol. The lowest BCUT2D eigenvalue weighted by Gasteiger charge is -2.16. The number of nitrogens with one attached hydrogen (secondary N) is 1. The van der Waals surface area contributed by atoms with Gasteiger partial charge >= 0.3 is 0 Å². The maximum atomic E-state index is 12.4. The molecule has 0 aromatic heterocycles. The van der Waals surface area contributed by atoms with E-state index < -0.39 is 10.0 Å². The summed E-state index contributed by atoms with van der Waals surface area (Å²) in [6.45, 7) is 5.66. The molecule has 0 fully saturated rings. The van der Waals surface area contributed by atoms with Crippen molar-refractivity contribution in [1.29, 1.82) is 0 Å². The second-order valence-corrected chi connectivity index (χ2v) is 6.57. The Kier molecular flexibility index (Phi) is 6.21. The van der Waals surface area contributed by atoms with E-state index in [0.717, 1.165) is 24.1 Å². The van der Waals surface area contributed by atoms with Crippen molar-refractivity contribution < 1.29 is 8.42 Å². The van der Waals surface area contributed by atoms with Crippen LogP contribution in [0.4, 0.5) is 0 Å². The van der Waals surface area contributed by atoms with Gasteiger partial charge in [0.1, 0.15) is 0 Å². The molecule has 0 aliphatic heterocycles. The van der Waals surface area contributed by atoms with Gasteiger partial charge in [-0.15, -0.1) is 6.42 Å². The highest BCUT2D eigenvalue weighted by molar-refractivity contribution is 7.89. The molecule has 0 unspecified atom stereocenters. The minimum absolute atomic E-state index is 0.0698. The van der Waals surface area contributed by atoms with Crippen LogP contribution in [0.1, 0.15) is 25.0 Å². The SMILES string of the molecule is C#CCN(C)S(=O)(=O)c1ccc(CC)c(CNCC)c1. The van der Waals surface area contributed by atoms with Crippen molar-refractivity contribution in [2.75, 3.05) is 20.1 Å². The first-order valence-corrected chi connectivity index (χ1v) is 8.13. The third-order valence-electron chi connectivity index (χ3n) is 3.15. The maximum Gasteiger partial charge on any atom is 0.243 e. The quantitative estimate of drug-likeness (QED) is 0.777. The van der Waals surface area contributed by atoms with E-state index in [9.17, 15) is 8.42 Å². The first kappa shape index (κ1) is 16.7. The zero-order valence-corrected chi connectivity index (χ0v) is 13.1. The van der Waals surface area contributed by atoms with E-state index >= 15 is 0 Å². The van der Waals surface area contributed by atoms with Crippen LogP contribution in [0.2, 0.25) is 0 Å². The second-order valence-electron chi connectivity index (χ2n) is 4.53. The fourth-order valence-corrected chi connectivity index (χ4v) is 3.06. The average molecular weight is 294 g/mol. The first-order valence-electron chi connectivity index (χ1n) is 6.69. The standard InChI is InChI=1S/C15H22N2O2S/c1-5-10-17(4)20(18,19)15-9-8-13(6-2)14(11-15)12-16-7-3/h1,8-9,11,16H,6-7,10,12H2,2-4H3. The van der Waals surface area contributed by atoms with Gasteiger partial charge in [-0.25, -0.2) is 8.42 Å². The van der Waals surface area contributed by atoms with Crippen LogP contribution in [0.5, 0.6) is 0 Å². The molecule has 0 atom stereocenters. The highest BCUT2D eigenvalue weighted by Crippen LogP contribution is 2.19. The second kappa shape index (κ2) is 7.44. The van der Waals surface area contributed by atoms with Gasteiger partial charge in [0.15, 0.2) is 0 Å². The Bertz CT molecular complexity index is 588. The van der Waals surface area contributed by atoms with Crippen LogP contribution in [0, 0.1) is 12.3 Å². The number of terminal acetylenes is 1. The molecule has 1 rings (SSSR count). The molecule has 1 aromatic rings. The van der Waals surface area contributed by atoms with E-state index in [1.807, 2.05) is 13.0 Å². The Morgan fingerprint density at radius 2 is 2.00 bits per heavy atom. The maximum absolute atomic E-state index is 12.4. The van der Waals surface area contributed by atoms with Crippen LogP contribution in [0.3, 0.4) is 0 Å². The largest absolute Gasteiger partial charge is 0.313 e. The van der Waals surface area contributed by atoms with Crippen molar-refractivity contribution >= 4 is 10.0 Å². The van der Waals surface area contributed by atoms with Gasteiger partial charge in [0, 0.05) is 13.6 Å². The van der Waals surface area contributed by atoms with E-state index in [0.29, 0.717) is 11.4 Å². The lowest BCUT2D eigenvalue weighted by atomic mass is 10.1. The van der Waals surface area contributed by atoms with E-state index in [-0.39, 0.29) is 6.54 Å². The normalized spacial score (nSPS) is 11.6. The average Bonchev–Trinajstić information content (AvgIpc) is 2.44. The molecule has 0 radical (unpaired) electrons. The molecule has 0 saturated heterocycles. The summed E-state index contributed by atoms with van der Waals surface area (Å²) in [5.41, 5.74) is 2.18. The van der Waals surface area contributed by atoms with Gasteiger partial charge in [0.05, 0.1) is 11.4 Å². The topological polar surface area (TPSA) is 49.4 Å². The van der Waals surface area contributed by atoms with Gasteiger partial charge in [0.2, 0.25) is 10.0 Å². The third kappa shape index (κ3) is 3.83. The van der Waals surface area contributed by atoms with E-state index in [1.165, 1.54) is 11.4 Å². The molecule has 110 valence electrons. The van der Waals surface area contributed by atoms with Crippen molar-refractivity contribution in [3.63, 3.8) is 0 Å². The summed E-state index contributed by atoms with van der Waals surface area (Å²) in [5.74, 6) is 2.35. The first-order chi connectivity index (χ1) is 9.47. The van der Waals surface area contributed by atoms with E-state index in [4.69, 9.17) is 6.42 Å². The number of hydrogen-bond donors (Lipinski definition) is 1. The molecule has 0 aliphatic rings. The molecule has 0 aliphatic carbocycles. The predicted octanol–water partition coefficient (Wildman–Crippen LogP) is 1.61. The summed E-state index contributed by atoms with van der Waals surface area (Å²) < 4.78 is 25.9. The summed E-state index contributed by atoms with van der Waals surface area (Å²) in [6, 6.07) is 5.27. The third-order valence-corrected chi connectivity index (χ3v) is 4.95. The van der Waals surface area contributed by atoms with Crippen molar-refractivity contribution in [2.24, 2.45) is 0 Å². The molecular weight excluding hydrogens is 272 g/mol. The lowest BCUT2D eigenvalue weighted by Crippen LogP contribution is -2.27. The lowest BCUT2D eigenvalue weighted by molar-refractivity contribution is 0.503. The van der Waals surface area contributed by atoms with Gasteiger partial charge in [-0.1, -0.05) is 25.8 Å². The minimum atomic E-state index is -3.51. The number of benzene rings is 1. The molecular formula is C15H22N2O2S. The van der Waals surface area contributed by atoms with Crippen LogP contribution in [0.15, 0.2) is 23.1 Å². The van der Waals surface area contributed by atoms with Crippen molar-refractivity contribution in [3.05, 3.63) is 29.3 Å². The molecule has 0 spiro atoms. The van der Waals surface area contributed by atoms with Gasteiger partial charge < -0.3 is 5.32 Å². The molecule has 0 bridgehead atoms. The summed E-state index contributed by atoms with van der Waals surface area (Å²) in [6.07, 6.45) is 6.06. The van der Waals surface area contributed by atoms with E-state index in [1.54, 1.807) is 12.1 Å². The molecule has 0 amide bonds.